The van der Waals surface area contributed by atoms with Gasteiger partial charge in [0.15, 0.2) is 0 Å². The number of benzene rings is 1. The van der Waals surface area contributed by atoms with Crippen LogP contribution in [0.25, 0.3) is 0 Å². The molecule has 4 heteroatoms. The number of esters is 1. The molecule has 0 atom stereocenters. The van der Waals surface area contributed by atoms with Gasteiger partial charge in [0, 0.05) is 18.2 Å². The fourth-order valence-corrected chi connectivity index (χ4v) is 1.77. The molecule has 0 aliphatic carbocycles. The van der Waals surface area contributed by atoms with Crippen molar-refractivity contribution < 1.29 is 9.53 Å². The first-order chi connectivity index (χ1) is 8.61. The van der Waals surface area contributed by atoms with Crippen molar-refractivity contribution in [1.82, 2.24) is 5.32 Å². The lowest BCUT2D eigenvalue weighted by atomic mass is 10.1. The highest BCUT2D eigenvalue weighted by atomic mass is 32.1. The van der Waals surface area contributed by atoms with Crippen LogP contribution in [0.3, 0.4) is 0 Å². The molecule has 0 aromatic heterocycles. The van der Waals surface area contributed by atoms with Gasteiger partial charge >= 0.3 is 5.97 Å². The summed E-state index contributed by atoms with van der Waals surface area (Å²) in [6.07, 6.45) is 2.06. The normalized spacial score (nSPS) is 10.9. The molecule has 0 saturated carbocycles. The van der Waals surface area contributed by atoms with E-state index in [9.17, 15) is 4.79 Å². The number of allylic oxidation sites excluding steroid dienone is 1. The molecule has 18 heavy (non-hydrogen) atoms. The van der Waals surface area contributed by atoms with E-state index in [-0.39, 0.29) is 5.97 Å². The third-order valence-electron chi connectivity index (χ3n) is 2.17. The molecule has 1 aromatic rings. The predicted octanol–water partition coefficient (Wildman–Crippen LogP) is 2.61. The second kappa shape index (κ2) is 7.61. The maximum Gasteiger partial charge on any atom is 0.332 e. The first-order valence-corrected chi connectivity index (χ1v) is 6.21. The summed E-state index contributed by atoms with van der Waals surface area (Å²) < 4.78 is 4.81. The Hall–Kier alpha value is -1.68. The summed E-state index contributed by atoms with van der Waals surface area (Å²) in [6, 6.07) is 9.93. The van der Waals surface area contributed by atoms with Gasteiger partial charge in [0.05, 0.1) is 11.6 Å². The highest BCUT2D eigenvalue weighted by Gasteiger charge is 2.01. The quantitative estimate of drug-likeness (QED) is 0.503. The van der Waals surface area contributed by atoms with Crippen molar-refractivity contribution in [3.63, 3.8) is 0 Å². The van der Waals surface area contributed by atoms with Gasteiger partial charge in [-0.15, -0.1) is 0 Å². The van der Waals surface area contributed by atoms with Crippen molar-refractivity contribution >= 4 is 23.2 Å². The van der Waals surface area contributed by atoms with Gasteiger partial charge in [-0.3, -0.25) is 0 Å². The maximum atomic E-state index is 11.2. The number of carbonyl (C=O) groups excluding carboxylic acids is 1. The van der Waals surface area contributed by atoms with Crippen molar-refractivity contribution in [3.05, 3.63) is 47.7 Å². The molecular formula is C14H17NO2S. The standard InChI is InChI=1S/C14H17NO2S/c1-3-17-14(16)9-11(2)15-13(18)10-12-7-5-4-6-8-12/h4-9H,3,10H2,1-2H3,(H,15,18)/b11-9-. The molecule has 1 N–H and O–H groups in total. The molecule has 1 rings (SSSR count). The summed E-state index contributed by atoms with van der Waals surface area (Å²) in [4.78, 5) is 11.9. The Balaban J connectivity index is 2.47. The predicted molar refractivity (Wildman–Crippen MR) is 76.3 cm³/mol. The number of nitrogens with one attached hydrogen (secondary N) is 1. The number of hydrogen-bond acceptors (Lipinski definition) is 3. The van der Waals surface area contributed by atoms with Crippen molar-refractivity contribution in [2.24, 2.45) is 0 Å². The minimum atomic E-state index is -0.356. The van der Waals surface area contributed by atoms with Gasteiger partial charge in [-0.25, -0.2) is 4.79 Å². The Kier molecular flexibility index (Phi) is 6.08. The molecule has 0 heterocycles. The van der Waals surface area contributed by atoms with E-state index in [1.165, 1.54) is 6.08 Å². The fourth-order valence-electron chi connectivity index (χ4n) is 1.44. The van der Waals surface area contributed by atoms with E-state index in [2.05, 4.69) is 5.32 Å². The van der Waals surface area contributed by atoms with Crippen LogP contribution in [-0.4, -0.2) is 17.6 Å². The lowest BCUT2D eigenvalue weighted by molar-refractivity contribution is -0.137. The summed E-state index contributed by atoms with van der Waals surface area (Å²) in [7, 11) is 0. The Labute approximate surface area is 113 Å². The van der Waals surface area contributed by atoms with E-state index < -0.39 is 0 Å². The molecule has 0 unspecified atom stereocenters. The number of thiocarbonyl (C=S) groups is 1. The lowest BCUT2D eigenvalue weighted by Gasteiger charge is -2.08. The van der Waals surface area contributed by atoms with Gasteiger partial charge in [0.25, 0.3) is 0 Å². The average molecular weight is 263 g/mol. The Bertz CT molecular complexity index is 440. The van der Waals surface area contributed by atoms with Gasteiger partial charge < -0.3 is 10.1 Å². The molecular weight excluding hydrogens is 246 g/mol. The van der Waals surface area contributed by atoms with E-state index in [4.69, 9.17) is 17.0 Å². The van der Waals surface area contributed by atoms with Crippen molar-refractivity contribution in [3.8, 4) is 0 Å². The molecule has 1 aromatic carbocycles. The second-order valence-corrected chi connectivity index (χ2v) is 4.28. The Morgan fingerprint density at radius 3 is 2.67 bits per heavy atom. The zero-order valence-electron chi connectivity index (χ0n) is 10.6. The zero-order chi connectivity index (χ0) is 13.4. The highest BCUT2D eigenvalue weighted by Crippen LogP contribution is 2.01. The van der Waals surface area contributed by atoms with Crippen molar-refractivity contribution in [2.75, 3.05) is 6.61 Å². The topological polar surface area (TPSA) is 38.3 Å². The molecule has 0 aliphatic rings. The summed E-state index contributed by atoms with van der Waals surface area (Å²) in [5, 5.41) is 3.01. The molecule has 0 spiro atoms. The van der Waals surface area contributed by atoms with Crippen LogP contribution in [0.4, 0.5) is 0 Å². The van der Waals surface area contributed by atoms with Crippen LogP contribution in [-0.2, 0) is 16.0 Å². The minimum Gasteiger partial charge on any atom is -0.463 e. The molecule has 0 amide bonds. The van der Waals surface area contributed by atoms with Crippen LogP contribution in [0.5, 0.6) is 0 Å². The first-order valence-electron chi connectivity index (χ1n) is 5.80. The molecule has 0 aliphatic heterocycles. The van der Waals surface area contributed by atoms with E-state index >= 15 is 0 Å². The van der Waals surface area contributed by atoms with Gasteiger partial charge in [-0.2, -0.15) is 0 Å². The SMILES string of the molecule is CCOC(=O)/C=C(/C)NC(=S)Cc1ccccc1. The number of ether oxygens (including phenoxy) is 1. The van der Waals surface area contributed by atoms with Gasteiger partial charge in [-0.1, -0.05) is 42.5 Å². The third kappa shape index (κ3) is 5.59. The molecule has 0 radical (unpaired) electrons. The smallest absolute Gasteiger partial charge is 0.332 e. The van der Waals surface area contributed by atoms with Crippen molar-refractivity contribution in [2.45, 2.75) is 20.3 Å². The third-order valence-corrected chi connectivity index (χ3v) is 2.41. The van der Waals surface area contributed by atoms with E-state index in [1.54, 1.807) is 13.8 Å². The minimum absolute atomic E-state index is 0.356. The molecule has 0 saturated heterocycles. The van der Waals surface area contributed by atoms with Crippen LogP contribution in [0.2, 0.25) is 0 Å². The monoisotopic (exact) mass is 263 g/mol. The van der Waals surface area contributed by atoms with E-state index in [0.717, 1.165) is 5.56 Å². The Morgan fingerprint density at radius 2 is 2.06 bits per heavy atom. The summed E-state index contributed by atoms with van der Waals surface area (Å²) in [6.45, 7) is 3.93. The Morgan fingerprint density at radius 1 is 1.39 bits per heavy atom. The summed E-state index contributed by atoms with van der Waals surface area (Å²) >= 11 is 5.23. The fraction of sp³-hybridized carbons (Fsp3) is 0.286. The van der Waals surface area contributed by atoms with Crippen molar-refractivity contribution in [1.29, 1.82) is 0 Å². The number of carbonyl (C=O) groups is 1. The van der Waals surface area contributed by atoms with Gasteiger partial charge in [0.2, 0.25) is 0 Å². The average Bonchev–Trinajstić information content (AvgIpc) is 2.29. The van der Waals surface area contributed by atoms with Crippen LogP contribution in [0.1, 0.15) is 19.4 Å². The van der Waals surface area contributed by atoms with Crippen LogP contribution in [0.15, 0.2) is 42.1 Å². The lowest BCUT2D eigenvalue weighted by Crippen LogP contribution is -2.22. The molecule has 0 bridgehead atoms. The largest absolute Gasteiger partial charge is 0.463 e. The maximum absolute atomic E-state index is 11.2. The molecule has 3 nitrogen and oxygen atoms in total. The number of hydrogen-bond donors (Lipinski definition) is 1. The zero-order valence-corrected chi connectivity index (χ0v) is 11.4. The van der Waals surface area contributed by atoms with Crippen LogP contribution < -0.4 is 5.32 Å². The van der Waals surface area contributed by atoms with E-state index in [0.29, 0.717) is 23.7 Å². The van der Waals surface area contributed by atoms with Crippen LogP contribution in [0, 0.1) is 0 Å². The van der Waals surface area contributed by atoms with E-state index in [1.807, 2.05) is 30.3 Å². The molecule has 0 fully saturated rings. The van der Waals surface area contributed by atoms with Crippen LogP contribution >= 0.6 is 12.2 Å². The summed E-state index contributed by atoms with van der Waals surface area (Å²) in [5.74, 6) is -0.356. The number of rotatable bonds is 5. The van der Waals surface area contributed by atoms with Gasteiger partial charge in [0.1, 0.15) is 0 Å². The highest BCUT2D eigenvalue weighted by molar-refractivity contribution is 7.80. The molecule has 96 valence electrons. The second-order valence-electron chi connectivity index (χ2n) is 3.79. The first kappa shape index (κ1) is 14.4. The summed E-state index contributed by atoms with van der Waals surface area (Å²) in [5.41, 5.74) is 1.83. The van der Waals surface area contributed by atoms with Gasteiger partial charge in [-0.05, 0) is 19.4 Å².